The normalized spacial score (nSPS) is 22.5. The Balaban J connectivity index is 2.26. The molecule has 0 fully saturated rings. The molecule has 0 aromatic carbocycles. The van der Waals surface area contributed by atoms with Crippen LogP contribution in [0.3, 0.4) is 0 Å². The molecule has 1 heterocycles. The Morgan fingerprint density at radius 3 is 3.00 bits per heavy atom. The molecule has 1 atom stereocenters. The molecule has 0 bridgehead atoms. The van der Waals surface area contributed by atoms with Crippen molar-refractivity contribution in [3.8, 4) is 0 Å². The van der Waals surface area contributed by atoms with Crippen molar-refractivity contribution < 1.29 is 5.11 Å². The molecular formula is C10H12N2O. The summed E-state index contributed by atoms with van der Waals surface area (Å²) in [6.45, 7) is 0. The van der Waals surface area contributed by atoms with E-state index in [0.29, 0.717) is 0 Å². The highest BCUT2D eigenvalue weighted by Gasteiger charge is 2.12. The Morgan fingerprint density at radius 2 is 2.31 bits per heavy atom. The van der Waals surface area contributed by atoms with E-state index in [-0.39, 0.29) is 6.10 Å². The molecule has 1 aliphatic rings. The van der Waals surface area contributed by atoms with Crippen molar-refractivity contribution in [3.63, 3.8) is 0 Å². The van der Waals surface area contributed by atoms with Crippen LogP contribution in [0.5, 0.6) is 0 Å². The molecule has 0 aliphatic heterocycles. The highest BCUT2D eigenvalue weighted by molar-refractivity contribution is 5.62. The summed E-state index contributed by atoms with van der Waals surface area (Å²) in [6.07, 6.45) is 9.55. The number of aromatic nitrogens is 2. The third-order valence-electron chi connectivity index (χ3n) is 2.23. The molecule has 1 aromatic rings. The first-order valence-electron chi connectivity index (χ1n) is 4.51. The molecule has 1 aliphatic carbocycles. The lowest BCUT2D eigenvalue weighted by atomic mass is 9.96. The molecule has 0 spiro atoms. The molecule has 0 saturated carbocycles. The van der Waals surface area contributed by atoms with Gasteiger partial charge in [0.1, 0.15) is 0 Å². The quantitative estimate of drug-likeness (QED) is 0.703. The monoisotopic (exact) mass is 176 g/mol. The predicted octanol–water partition coefficient (Wildman–Crippen LogP) is 1.40. The van der Waals surface area contributed by atoms with Gasteiger partial charge in [0, 0.05) is 12.4 Å². The first-order chi connectivity index (χ1) is 6.36. The van der Waals surface area contributed by atoms with Crippen LogP contribution in [0.25, 0.3) is 5.57 Å². The zero-order valence-corrected chi connectivity index (χ0v) is 7.35. The second kappa shape index (κ2) is 3.66. The van der Waals surface area contributed by atoms with Crippen LogP contribution in [-0.2, 0) is 0 Å². The maximum absolute atomic E-state index is 9.42. The minimum absolute atomic E-state index is 0.300. The number of rotatable bonds is 1. The standard InChI is InChI=1S/C10H12N2O/c13-9-3-1-2-8(6-9)10-7-11-4-5-12-10/h4-7,9,13H,1-3H2. The van der Waals surface area contributed by atoms with Crippen LogP contribution in [0, 0.1) is 0 Å². The maximum atomic E-state index is 9.42. The Bertz CT molecular complexity index is 308. The molecule has 1 unspecified atom stereocenters. The fraction of sp³-hybridized carbons (Fsp3) is 0.400. The second-order valence-electron chi connectivity index (χ2n) is 3.24. The summed E-state index contributed by atoms with van der Waals surface area (Å²) in [5.74, 6) is 0. The first kappa shape index (κ1) is 8.38. The molecule has 0 saturated heterocycles. The zero-order valence-electron chi connectivity index (χ0n) is 7.35. The smallest absolute Gasteiger partial charge is 0.0842 e. The van der Waals surface area contributed by atoms with E-state index < -0.39 is 0 Å². The van der Waals surface area contributed by atoms with Crippen molar-refractivity contribution in [1.29, 1.82) is 0 Å². The number of nitrogens with zero attached hydrogens (tertiary/aromatic N) is 2. The van der Waals surface area contributed by atoms with Gasteiger partial charge in [-0.2, -0.15) is 0 Å². The second-order valence-corrected chi connectivity index (χ2v) is 3.24. The predicted molar refractivity (Wildman–Crippen MR) is 49.9 cm³/mol. The molecule has 68 valence electrons. The Kier molecular flexibility index (Phi) is 2.36. The molecule has 0 radical (unpaired) electrons. The van der Waals surface area contributed by atoms with Gasteiger partial charge in [-0.3, -0.25) is 9.97 Å². The van der Waals surface area contributed by atoms with Crippen LogP contribution < -0.4 is 0 Å². The van der Waals surface area contributed by atoms with Gasteiger partial charge in [0.15, 0.2) is 0 Å². The van der Waals surface area contributed by atoms with Crippen molar-refractivity contribution >= 4 is 5.57 Å². The van der Waals surface area contributed by atoms with Gasteiger partial charge in [-0.25, -0.2) is 0 Å². The van der Waals surface area contributed by atoms with Gasteiger partial charge in [0.25, 0.3) is 0 Å². The van der Waals surface area contributed by atoms with Gasteiger partial charge in [-0.15, -0.1) is 0 Å². The molecule has 3 nitrogen and oxygen atoms in total. The topological polar surface area (TPSA) is 46.0 Å². The molecule has 2 rings (SSSR count). The van der Waals surface area contributed by atoms with Gasteiger partial charge in [0.2, 0.25) is 0 Å². The number of aliphatic hydroxyl groups excluding tert-OH is 1. The highest BCUT2D eigenvalue weighted by Crippen LogP contribution is 2.24. The van der Waals surface area contributed by atoms with E-state index in [1.807, 2.05) is 6.08 Å². The van der Waals surface area contributed by atoms with Crippen LogP contribution in [0.15, 0.2) is 24.7 Å². The summed E-state index contributed by atoms with van der Waals surface area (Å²) in [7, 11) is 0. The van der Waals surface area contributed by atoms with Gasteiger partial charge in [-0.05, 0) is 24.8 Å². The lowest BCUT2D eigenvalue weighted by Gasteiger charge is -2.15. The third-order valence-corrected chi connectivity index (χ3v) is 2.23. The third kappa shape index (κ3) is 1.92. The van der Waals surface area contributed by atoms with Gasteiger partial charge in [-0.1, -0.05) is 6.08 Å². The average Bonchev–Trinajstić information content (AvgIpc) is 2.19. The molecule has 3 heteroatoms. The summed E-state index contributed by atoms with van der Waals surface area (Å²) in [5, 5.41) is 9.42. The average molecular weight is 176 g/mol. The minimum Gasteiger partial charge on any atom is -0.389 e. The van der Waals surface area contributed by atoms with Crippen molar-refractivity contribution in [2.75, 3.05) is 0 Å². The summed E-state index contributed by atoms with van der Waals surface area (Å²) in [6, 6.07) is 0. The van der Waals surface area contributed by atoms with E-state index in [0.717, 1.165) is 30.5 Å². The molecule has 1 N–H and O–H groups in total. The molecular weight excluding hydrogens is 164 g/mol. The Hall–Kier alpha value is -1.22. The molecule has 0 amide bonds. The van der Waals surface area contributed by atoms with E-state index in [1.165, 1.54) is 0 Å². The van der Waals surface area contributed by atoms with Crippen LogP contribution in [0.1, 0.15) is 25.0 Å². The zero-order chi connectivity index (χ0) is 9.10. The summed E-state index contributed by atoms with van der Waals surface area (Å²) >= 11 is 0. The SMILES string of the molecule is OC1C=C(c2cnccn2)CCC1. The Morgan fingerprint density at radius 1 is 1.38 bits per heavy atom. The minimum atomic E-state index is -0.300. The van der Waals surface area contributed by atoms with E-state index in [2.05, 4.69) is 9.97 Å². The van der Waals surface area contributed by atoms with E-state index in [4.69, 9.17) is 0 Å². The van der Waals surface area contributed by atoms with Crippen LogP contribution in [-0.4, -0.2) is 21.2 Å². The fourth-order valence-corrected chi connectivity index (χ4v) is 1.58. The van der Waals surface area contributed by atoms with Gasteiger partial charge in [0.05, 0.1) is 18.0 Å². The first-order valence-corrected chi connectivity index (χ1v) is 4.51. The number of aliphatic hydroxyl groups is 1. The van der Waals surface area contributed by atoms with Crippen LogP contribution >= 0.6 is 0 Å². The highest BCUT2D eigenvalue weighted by atomic mass is 16.3. The largest absolute Gasteiger partial charge is 0.389 e. The van der Waals surface area contributed by atoms with E-state index in [9.17, 15) is 5.11 Å². The van der Waals surface area contributed by atoms with Crippen molar-refractivity contribution in [2.24, 2.45) is 0 Å². The summed E-state index contributed by atoms with van der Waals surface area (Å²) in [5.41, 5.74) is 2.01. The van der Waals surface area contributed by atoms with Crippen LogP contribution in [0.2, 0.25) is 0 Å². The Labute approximate surface area is 77.2 Å². The summed E-state index contributed by atoms with van der Waals surface area (Å²) in [4.78, 5) is 8.19. The molecule has 1 aromatic heterocycles. The van der Waals surface area contributed by atoms with Crippen molar-refractivity contribution in [3.05, 3.63) is 30.4 Å². The van der Waals surface area contributed by atoms with Crippen molar-refractivity contribution in [2.45, 2.75) is 25.4 Å². The number of hydrogen-bond donors (Lipinski definition) is 1. The van der Waals surface area contributed by atoms with Crippen molar-refractivity contribution in [1.82, 2.24) is 9.97 Å². The van der Waals surface area contributed by atoms with Gasteiger partial charge < -0.3 is 5.11 Å². The lowest BCUT2D eigenvalue weighted by Crippen LogP contribution is -2.08. The molecule has 13 heavy (non-hydrogen) atoms. The fourth-order valence-electron chi connectivity index (χ4n) is 1.58. The van der Waals surface area contributed by atoms with E-state index in [1.54, 1.807) is 18.6 Å². The number of hydrogen-bond acceptors (Lipinski definition) is 3. The van der Waals surface area contributed by atoms with E-state index >= 15 is 0 Å². The summed E-state index contributed by atoms with van der Waals surface area (Å²) < 4.78 is 0. The van der Waals surface area contributed by atoms with Gasteiger partial charge >= 0.3 is 0 Å². The maximum Gasteiger partial charge on any atom is 0.0842 e. The number of allylic oxidation sites excluding steroid dienone is 1. The van der Waals surface area contributed by atoms with Crippen LogP contribution in [0.4, 0.5) is 0 Å². The lowest BCUT2D eigenvalue weighted by molar-refractivity contribution is 0.206.